The van der Waals surface area contributed by atoms with Gasteiger partial charge in [0.1, 0.15) is 10.7 Å². The molecule has 0 unspecified atom stereocenters. The Morgan fingerprint density at radius 3 is 2.86 bits per heavy atom. The van der Waals surface area contributed by atoms with Gasteiger partial charge < -0.3 is 4.98 Å². The molecule has 3 rings (SSSR count). The summed E-state index contributed by atoms with van der Waals surface area (Å²) in [4.78, 5) is 2.77. The first-order chi connectivity index (χ1) is 9.88. The predicted molar refractivity (Wildman–Crippen MR) is 77.3 cm³/mol. The number of H-pyrrole nitrogens is 1. The molecule has 2 N–H and O–H groups in total. The summed E-state index contributed by atoms with van der Waals surface area (Å²) in [5.41, 5.74) is 0.495. The van der Waals surface area contributed by atoms with E-state index in [1.807, 2.05) is 0 Å². The van der Waals surface area contributed by atoms with Gasteiger partial charge in [0.05, 0.1) is 27.8 Å². The molecule has 0 bridgehead atoms. The number of sulfonamides is 1. The van der Waals surface area contributed by atoms with Crippen LogP contribution >= 0.6 is 11.6 Å². The molecule has 0 aliphatic rings. The average Bonchev–Trinajstić information content (AvgIpc) is 3.00. The Morgan fingerprint density at radius 1 is 1.43 bits per heavy atom. The summed E-state index contributed by atoms with van der Waals surface area (Å²) in [6.07, 6.45) is 3.99. The molecule has 2 heterocycles. The van der Waals surface area contributed by atoms with E-state index in [2.05, 4.69) is 14.8 Å². The summed E-state index contributed by atoms with van der Waals surface area (Å²) in [5.74, 6) is -0.527. The Kier molecular flexibility index (Phi) is 3.14. The van der Waals surface area contributed by atoms with Crippen LogP contribution in [0.2, 0.25) is 5.02 Å². The van der Waals surface area contributed by atoms with Crippen molar-refractivity contribution in [3.05, 3.63) is 41.6 Å². The minimum absolute atomic E-state index is 0.0140. The van der Waals surface area contributed by atoms with Crippen LogP contribution in [-0.2, 0) is 17.1 Å². The molecular weight excluding hydrogens is 319 g/mol. The van der Waals surface area contributed by atoms with E-state index in [4.69, 9.17) is 11.6 Å². The van der Waals surface area contributed by atoms with Crippen LogP contribution in [0.3, 0.4) is 0 Å². The zero-order valence-electron chi connectivity index (χ0n) is 10.8. The maximum absolute atomic E-state index is 13.7. The topological polar surface area (TPSA) is 79.8 Å². The summed E-state index contributed by atoms with van der Waals surface area (Å²) in [7, 11) is -2.20. The van der Waals surface area contributed by atoms with Crippen molar-refractivity contribution in [3.63, 3.8) is 0 Å². The van der Waals surface area contributed by atoms with E-state index < -0.39 is 15.8 Å². The number of hydrogen-bond acceptors (Lipinski definition) is 3. The maximum atomic E-state index is 13.7. The normalized spacial score (nSPS) is 12.0. The van der Waals surface area contributed by atoms with Crippen molar-refractivity contribution < 1.29 is 12.8 Å². The second-order valence-electron chi connectivity index (χ2n) is 4.44. The number of rotatable bonds is 3. The predicted octanol–water partition coefficient (Wildman–Crippen LogP) is 2.49. The maximum Gasteiger partial charge on any atom is 0.265 e. The fourth-order valence-corrected chi connectivity index (χ4v) is 3.29. The van der Waals surface area contributed by atoms with Gasteiger partial charge in [0.25, 0.3) is 10.0 Å². The molecule has 0 fully saturated rings. The molecule has 9 heteroatoms. The van der Waals surface area contributed by atoms with E-state index in [1.54, 1.807) is 7.05 Å². The van der Waals surface area contributed by atoms with E-state index in [-0.39, 0.29) is 26.5 Å². The molecule has 0 atom stereocenters. The van der Waals surface area contributed by atoms with E-state index in [9.17, 15) is 12.8 Å². The Balaban J connectivity index is 2.08. The standard InChI is InChI=1S/C12H10ClFN4O2S/c1-18-6-7(4-16-18)21(19,20)17-10-3-2-9(14)11-8(13)5-15-12(10)11/h2-6,15,17H,1H3. The first-order valence-corrected chi connectivity index (χ1v) is 7.71. The number of anilines is 1. The van der Waals surface area contributed by atoms with Gasteiger partial charge in [-0.3, -0.25) is 9.40 Å². The van der Waals surface area contributed by atoms with Gasteiger partial charge in [0.15, 0.2) is 0 Å². The molecule has 0 saturated heterocycles. The van der Waals surface area contributed by atoms with Crippen molar-refractivity contribution in [2.75, 3.05) is 4.72 Å². The summed E-state index contributed by atoms with van der Waals surface area (Å²) < 4.78 is 42.0. The molecule has 6 nitrogen and oxygen atoms in total. The number of benzene rings is 1. The van der Waals surface area contributed by atoms with Crippen LogP contribution in [0, 0.1) is 5.82 Å². The van der Waals surface area contributed by atoms with Crippen molar-refractivity contribution >= 4 is 38.2 Å². The molecule has 21 heavy (non-hydrogen) atoms. The van der Waals surface area contributed by atoms with Crippen molar-refractivity contribution in [3.8, 4) is 0 Å². The van der Waals surface area contributed by atoms with Gasteiger partial charge in [-0.15, -0.1) is 0 Å². The van der Waals surface area contributed by atoms with Crippen LogP contribution in [0.25, 0.3) is 10.9 Å². The van der Waals surface area contributed by atoms with Gasteiger partial charge in [-0.25, -0.2) is 12.8 Å². The number of nitrogens with zero attached hydrogens (tertiary/aromatic N) is 2. The van der Waals surface area contributed by atoms with E-state index >= 15 is 0 Å². The Hall–Kier alpha value is -2.06. The van der Waals surface area contributed by atoms with Crippen molar-refractivity contribution in [2.45, 2.75) is 4.90 Å². The number of aromatic amines is 1. The number of fused-ring (bicyclic) bond motifs is 1. The molecule has 1 aromatic carbocycles. The largest absolute Gasteiger partial charge is 0.358 e. The van der Waals surface area contributed by atoms with Gasteiger partial charge in [0.2, 0.25) is 0 Å². The molecule has 3 aromatic rings. The fourth-order valence-electron chi connectivity index (χ4n) is 1.99. The van der Waals surface area contributed by atoms with Gasteiger partial charge in [-0.05, 0) is 12.1 Å². The van der Waals surface area contributed by atoms with Crippen LogP contribution in [-0.4, -0.2) is 23.2 Å². The fraction of sp³-hybridized carbons (Fsp3) is 0.0833. The van der Waals surface area contributed by atoms with Gasteiger partial charge in [-0.2, -0.15) is 5.10 Å². The average molecular weight is 329 g/mol. The summed E-state index contributed by atoms with van der Waals surface area (Å²) in [5, 5.41) is 4.14. The van der Waals surface area contributed by atoms with Crippen LogP contribution in [0.5, 0.6) is 0 Å². The van der Waals surface area contributed by atoms with Crippen molar-refractivity contribution in [1.29, 1.82) is 0 Å². The lowest BCUT2D eigenvalue weighted by atomic mass is 10.2. The lowest BCUT2D eigenvalue weighted by molar-refractivity contribution is 0.601. The molecule has 0 saturated carbocycles. The Labute approximate surface area is 124 Å². The monoisotopic (exact) mass is 328 g/mol. The highest BCUT2D eigenvalue weighted by Gasteiger charge is 2.19. The van der Waals surface area contributed by atoms with E-state index in [0.29, 0.717) is 0 Å². The minimum Gasteiger partial charge on any atom is -0.358 e. The zero-order chi connectivity index (χ0) is 15.2. The quantitative estimate of drug-likeness (QED) is 0.775. The Morgan fingerprint density at radius 2 is 2.19 bits per heavy atom. The first kappa shape index (κ1) is 13.9. The van der Waals surface area contributed by atoms with E-state index in [1.165, 1.54) is 29.3 Å². The number of aromatic nitrogens is 3. The summed E-state index contributed by atoms with van der Waals surface area (Å²) in [6, 6.07) is 2.49. The third-order valence-electron chi connectivity index (χ3n) is 2.97. The van der Waals surface area contributed by atoms with Crippen molar-refractivity contribution in [2.24, 2.45) is 7.05 Å². The zero-order valence-corrected chi connectivity index (χ0v) is 12.3. The van der Waals surface area contributed by atoms with Crippen LogP contribution in [0.1, 0.15) is 0 Å². The number of nitrogens with one attached hydrogen (secondary N) is 2. The van der Waals surface area contributed by atoms with E-state index in [0.717, 1.165) is 6.07 Å². The van der Waals surface area contributed by atoms with Gasteiger partial charge in [0, 0.05) is 19.4 Å². The molecule has 0 amide bonds. The third kappa shape index (κ3) is 2.36. The second kappa shape index (κ2) is 4.74. The van der Waals surface area contributed by atoms with Crippen LogP contribution < -0.4 is 4.72 Å². The van der Waals surface area contributed by atoms with Gasteiger partial charge >= 0.3 is 0 Å². The molecular formula is C12H10ClFN4O2S. The molecule has 110 valence electrons. The summed E-state index contributed by atoms with van der Waals surface area (Å²) in [6.45, 7) is 0. The highest BCUT2D eigenvalue weighted by atomic mass is 35.5. The van der Waals surface area contributed by atoms with Crippen molar-refractivity contribution in [1.82, 2.24) is 14.8 Å². The molecule has 0 spiro atoms. The molecule has 0 radical (unpaired) electrons. The lowest BCUT2D eigenvalue weighted by Crippen LogP contribution is -2.12. The number of halogens is 2. The molecule has 0 aliphatic heterocycles. The summed E-state index contributed by atoms with van der Waals surface area (Å²) >= 11 is 5.88. The van der Waals surface area contributed by atoms with Gasteiger partial charge in [-0.1, -0.05) is 11.6 Å². The van der Waals surface area contributed by atoms with Crippen LogP contribution in [0.4, 0.5) is 10.1 Å². The number of hydrogen-bond donors (Lipinski definition) is 2. The van der Waals surface area contributed by atoms with Crippen LogP contribution in [0.15, 0.2) is 35.6 Å². The lowest BCUT2D eigenvalue weighted by Gasteiger charge is -2.08. The highest BCUT2D eigenvalue weighted by molar-refractivity contribution is 7.92. The highest BCUT2D eigenvalue weighted by Crippen LogP contribution is 2.32. The smallest absolute Gasteiger partial charge is 0.265 e. The second-order valence-corrected chi connectivity index (χ2v) is 6.53. The third-order valence-corrected chi connectivity index (χ3v) is 4.59. The minimum atomic E-state index is -3.81. The molecule has 2 aromatic heterocycles. The SMILES string of the molecule is Cn1cc(S(=O)(=O)Nc2ccc(F)c3c(Cl)c[nH]c23)cn1. The molecule has 0 aliphatic carbocycles. The Bertz CT molecular complexity index is 932. The number of aryl methyl sites for hydroxylation is 1. The first-order valence-electron chi connectivity index (χ1n) is 5.85.